The van der Waals surface area contributed by atoms with Gasteiger partial charge in [0, 0.05) is 0 Å². The number of nitrogens with one attached hydrogen (secondary N) is 2. The highest BCUT2D eigenvalue weighted by Gasteiger charge is 2.35. The molecule has 1 fully saturated rings. The number of urea groups is 1. The summed E-state index contributed by atoms with van der Waals surface area (Å²) >= 11 is 0. The smallest absolute Gasteiger partial charge is 0.312 e. The molecule has 0 saturated heterocycles. The molecule has 6 heteroatoms. The molecule has 0 heterocycles. The molecule has 6 nitrogen and oxygen atoms in total. The van der Waals surface area contributed by atoms with E-state index in [1.165, 1.54) is 0 Å². The Balaban J connectivity index is 2.57. The van der Waals surface area contributed by atoms with Gasteiger partial charge in [-0.05, 0) is 38.5 Å². The van der Waals surface area contributed by atoms with Gasteiger partial charge in [0.2, 0.25) is 5.91 Å². The van der Waals surface area contributed by atoms with E-state index in [2.05, 4.69) is 17.6 Å². The van der Waals surface area contributed by atoms with Crippen LogP contribution in [0.4, 0.5) is 4.79 Å². The SMILES string of the molecule is CC1CCC(CO)(NC(=O)C(C)NC(N)=O)CC1. The maximum absolute atomic E-state index is 11.9. The Hall–Kier alpha value is -1.30. The van der Waals surface area contributed by atoms with Crippen molar-refractivity contribution in [1.82, 2.24) is 10.6 Å². The van der Waals surface area contributed by atoms with Gasteiger partial charge in [0.05, 0.1) is 12.1 Å². The first kappa shape index (κ1) is 14.8. The molecule has 0 bridgehead atoms. The molecule has 1 unspecified atom stereocenters. The van der Waals surface area contributed by atoms with E-state index in [0.717, 1.165) is 25.7 Å². The summed E-state index contributed by atoms with van der Waals surface area (Å²) in [5, 5.41) is 14.7. The Morgan fingerprint density at radius 1 is 1.44 bits per heavy atom. The van der Waals surface area contributed by atoms with Crippen LogP contribution in [0.5, 0.6) is 0 Å². The lowest BCUT2D eigenvalue weighted by Crippen LogP contribution is -2.58. The summed E-state index contributed by atoms with van der Waals surface area (Å²) in [5.41, 5.74) is 4.42. The lowest BCUT2D eigenvalue weighted by molar-refractivity contribution is -0.125. The Morgan fingerprint density at radius 2 is 2.00 bits per heavy atom. The van der Waals surface area contributed by atoms with Crippen molar-refractivity contribution in [3.8, 4) is 0 Å². The average molecular weight is 257 g/mol. The Kier molecular flexibility index (Phi) is 4.95. The molecular formula is C12H23N3O3. The maximum atomic E-state index is 11.9. The predicted molar refractivity (Wildman–Crippen MR) is 67.8 cm³/mol. The highest BCUT2D eigenvalue weighted by molar-refractivity contribution is 5.86. The van der Waals surface area contributed by atoms with Gasteiger partial charge in [-0.2, -0.15) is 0 Å². The third-order valence-corrected chi connectivity index (χ3v) is 3.67. The van der Waals surface area contributed by atoms with Crippen LogP contribution in [0.1, 0.15) is 39.5 Å². The zero-order valence-electron chi connectivity index (χ0n) is 11.0. The number of carbonyl (C=O) groups excluding carboxylic acids is 2. The van der Waals surface area contributed by atoms with Crippen molar-refractivity contribution in [2.24, 2.45) is 11.7 Å². The third kappa shape index (κ3) is 3.87. The van der Waals surface area contributed by atoms with Gasteiger partial charge in [0.25, 0.3) is 0 Å². The Morgan fingerprint density at radius 3 is 2.44 bits per heavy atom. The first-order valence-corrected chi connectivity index (χ1v) is 6.37. The van der Waals surface area contributed by atoms with Gasteiger partial charge in [-0.3, -0.25) is 4.79 Å². The first-order chi connectivity index (χ1) is 8.38. The van der Waals surface area contributed by atoms with E-state index < -0.39 is 17.6 Å². The summed E-state index contributed by atoms with van der Waals surface area (Å²) in [6, 6.07) is -1.42. The summed E-state index contributed by atoms with van der Waals surface area (Å²) in [6.45, 7) is 3.66. The van der Waals surface area contributed by atoms with Crippen LogP contribution in [0.3, 0.4) is 0 Å². The van der Waals surface area contributed by atoms with Crippen LogP contribution in [0, 0.1) is 5.92 Å². The highest BCUT2D eigenvalue weighted by atomic mass is 16.3. The average Bonchev–Trinajstić information content (AvgIpc) is 2.31. The van der Waals surface area contributed by atoms with Crippen molar-refractivity contribution in [2.75, 3.05) is 6.61 Å². The molecular weight excluding hydrogens is 234 g/mol. The molecule has 1 saturated carbocycles. The monoisotopic (exact) mass is 257 g/mol. The Labute approximate surface area is 107 Å². The zero-order chi connectivity index (χ0) is 13.8. The molecule has 0 aromatic heterocycles. The molecule has 0 aromatic carbocycles. The number of primary amides is 1. The number of rotatable bonds is 4. The van der Waals surface area contributed by atoms with Crippen LogP contribution in [0.25, 0.3) is 0 Å². The minimum Gasteiger partial charge on any atom is -0.394 e. The fourth-order valence-electron chi connectivity index (χ4n) is 2.29. The minimum atomic E-state index is -0.729. The maximum Gasteiger partial charge on any atom is 0.312 e. The number of carbonyl (C=O) groups is 2. The molecule has 0 aromatic rings. The van der Waals surface area contributed by atoms with E-state index >= 15 is 0 Å². The van der Waals surface area contributed by atoms with Crippen LogP contribution in [0.2, 0.25) is 0 Å². The molecule has 0 aliphatic heterocycles. The molecule has 0 spiro atoms. The number of aliphatic hydroxyl groups excluding tert-OH is 1. The largest absolute Gasteiger partial charge is 0.394 e. The van der Waals surface area contributed by atoms with Gasteiger partial charge in [-0.15, -0.1) is 0 Å². The van der Waals surface area contributed by atoms with E-state index in [1.54, 1.807) is 6.92 Å². The van der Waals surface area contributed by atoms with Crippen molar-refractivity contribution >= 4 is 11.9 Å². The number of hydrogen-bond donors (Lipinski definition) is 4. The molecule has 1 atom stereocenters. The fourth-order valence-corrected chi connectivity index (χ4v) is 2.29. The minimum absolute atomic E-state index is 0.0747. The van der Waals surface area contributed by atoms with Crippen molar-refractivity contribution < 1.29 is 14.7 Å². The van der Waals surface area contributed by atoms with Crippen molar-refractivity contribution in [3.63, 3.8) is 0 Å². The number of nitrogens with two attached hydrogens (primary N) is 1. The fraction of sp³-hybridized carbons (Fsp3) is 0.833. The normalized spacial score (nSPS) is 29.4. The summed E-state index contributed by atoms with van der Waals surface area (Å²) < 4.78 is 0. The Bertz CT molecular complexity index is 312. The van der Waals surface area contributed by atoms with Gasteiger partial charge in [-0.1, -0.05) is 6.92 Å². The second-order valence-electron chi connectivity index (χ2n) is 5.34. The van der Waals surface area contributed by atoms with Crippen LogP contribution in [-0.2, 0) is 4.79 Å². The quantitative estimate of drug-likeness (QED) is 0.574. The van der Waals surface area contributed by atoms with Crippen molar-refractivity contribution in [3.05, 3.63) is 0 Å². The molecule has 5 N–H and O–H groups in total. The van der Waals surface area contributed by atoms with Gasteiger partial charge >= 0.3 is 6.03 Å². The second kappa shape index (κ2) is 6.04. The molecule has 104 valence electrons. The third-order valence-electron chi connectivity index (χ3n) is 3.67. The number of hydrogen-bond acceptors (Lipinski definition) is 3. The van der Waals surface area contributed by atoms with E-state index in [-0.39, 0.29) is 12.5 Å². The molecule has 0 radical (unpaired) electrons. The van der Waals surface area contributed by atoms with E-state index in [9.17, 15) is 14.7 Å². The molecule has 18 heavy (non-hydrogen) atoms. The van der Waals surface area contributed by atoms with Crippen LogP contribution in [-0.4, -0.2) is 35.2 Å². The lowest BCUT2D eigenvalue weighted by atomic mass is 9.77. The molecule has 1 rings (SSSR count). The van der Waals surface area contributed by atoms with Gasteiger partial charge in [0.15, 0.2) is 0 Å². The molecule has 3 amide bonds. The van der Waals surface area contributed by atoms with Crippen molar-refractivity contribution in [1.29, 1.82) is 0 Å². The van der Waals surface area contributed by atoms with Gasteiger partial charge < -0.3 is 21.5 Å². The van der Waals surface area contributed by atoms with Gasteiger partial charge in [0.1, 0.15) is 6.04 Å². The van der Waals surface area contributed by atoms with Crippen LogP contribution >= 0.6 is 0 Å². The number of aliphatic hydroxyl groups is 1. The van der Waals surface area contributed by atoms with E-state index in [0.29, 0.717) is 5.92 Å². The topological polar surface area (TPSA) is 104 Å². The summed E-state index contributed by atoms with van der Waals surface area (Å²) in [5.74, 6) is 0.320. The summed E-state index contributed by atoms with van der Waals surface area (Å²) in [6.07, 6.45) is 3.50. The number of amides is 3. The lowest BCUT2D eigenvalue weighted by Gasteiger charge is -2.39. The first-order valence-electron chi connectivity index (χ1n) is 6.37. The van der Waals surface area contributed by atoms with Crippen LogP contribution < -0.4 is 16.4 Å². The zero-order valence-corrected chi connectivity index (χ0v) is 11.0. The summed E-state index contributed by atoms with van der Waals surface area (Å²) in [7, 11) is 0. The van der Waals surface area contributed by atoms with E-state index in [4.69, 9.17) is 5.73 Å². The molecule has 1 aliphatic carbocycles. The predicted octanol–water partition coefficient (Wildman–Crippen LogP) is 0.101. The molecule has 1 aliphatic rings. The van der Waals surface area contributed by atoms with Crippen molar-refractivity contribution in [2.45, 2.75) is 51.1 Å². The summed E-state index contributed by atoms with van der Waals surface area (Å²) in [4.78, 5) is 22.6. The van der Waals surface area contributed by atoms with Crippen LogP contribution in [0.15, 0.2) is 0 Å². The van der Waals surface area contributed by atoms with Gasteiger partial charge in [-0.25, -0.2) is 4.79 Å². The van der Waals surface area contributed by atoms with E-state index in [1.807, 2.05) is 0 Å². The highest BCUT2D eigenvalue weighted by Crippen LogP contribution is 2.31. The standard InChI is InChI=1S/C12H23N3O3/c1-8-3-5-12(7-16,6-4-8)15-10(17)9(2)14-11(13)18/h8-9,16H,3-7H2,1-2H3,(H,15,17)(H3,13,14,18). The second-order valence-corrected chi connectivity index (χ2v) is 5.34.